The Morgan fingerprint density at radius 2 is 2.05 bits per heavy atom. The summed E-state index contributed by atoms with van der Waals surface area (Å²) >= 11 is 0. The van der Waals surface area contributed by atoms with E-state index in [2.05, 4.69) is 11.7 Å². The molecule has 0 N–H and O–H groups in total. The predicted molar refractivity (Wildman–Crippen MR) is 74.2 cm³/mol. The normalized spacial score (nSPS) is 15.7. The number of rotatable bonds is 1. The van der Waals surface area contributed by atoms with Gasteiger partial charge >= 0.3 is 0 Å². The Bertz CT molecular complexity index is 801. The third kappa shape index (κ3) is 1.65. The summed E-state index contributed by atoms with van der Waals surface area (Å²) in [7, 11) is -1.46. The first-order chi connectivity index (χ1) is 8.92. The number of fused-ring (bicyclic) bond motifs is 3. The Labute approximate surface area is 112 Å². The fourth-order valence-corrected chi connectivity index (χ4v) is 4.18. The maximum Gasteiger partial charge on any atom is 0.183 e. The van der Waals surface area contributed by atoms with Crippen molar-refractivity contribution in [2.45, 2.75) is 17.6 Å². The molecule has 0 amide bonds. The molecule has 19 heavy (non-hydrogen) atoms. The molecule has 0 saturated carbocycles. The zero-order valence-corrected chi connectivity index (χ0v) is 11.7. The van der Waals surface area contributed by atoms with Crippen LogP contribution in [0.15, 0.2) is 35.7 Å². The second-order valence-electron chi connectivity index (χ2n) is 4.83. The molecule has 0 bridgehead atoms. The van der Waals surface area contributed by atoms with Crippen LogP contribution in [0, 0.1) is 0 Å². The second kappa shape index (κ2) is 3.81. The van der Waals surface area contributed by atoms with Gasteiger partial charge in [0.1, 0.15) is 0 Å². The summed E-state index contributed by atoms with van der Waals surface area (Å²) in [6, 6.07) is 7.07. The molecule has 2 aromatic rings. The van der Waals surface area contributed by atoms with Crippen molar-refractivity contribution in [1.82, 2.24) is 9.78 Å². The van der Waals surface area contributed by atoms with Gasteiger partial charge < -0.3 is 0 Å². The SMILES string of the molecule is C=C(C)c1nn(C)c2c1CS(=O)(=O)c1ccccc1-2. The Morgan fingerprint density at radius 3 is 2.74 bits per heavy atom. The van der Waals surface area contributed by atoms with E-state index in [0.717, 1.165) is 22.4 Å². The van der Waals surface area contributed by atoms with Crippen LogP contribution in [0.2, 0.25) is 0 Å². The van der Waals surface area contributed by atoms with Gasteiger partial charge in [0.05, 0.1) is 22.0 Å². The molecular formula is C14H14N2O2S. The van der Waals surface area contributed by atoms with E-state index in [0.29, 0.717) is 10.6 Å². The number of hydrogen-bond acceptors (Lipinski definition) is 3. The second-order valence-corrected chi connectivity index (χ2v) is 6.79. The zero-order valence-electron chi connectivity index (χ0n) is 10.8. The lowest BCUT2D eigenvalue weighted by Crippen LogP contribution is -2.14. The average molecular weight is 274 g/mol. The molecule has 1 aromatic heterocycles. The van der Waals surface area contributed by atoms with Crippen LogP contribution in [-0.4, -0.2) is 18.2 Å². The van der Waals surface area contributed by atoms with Gasteiger partial charge in [0.2, 0.25) is 0 Å². The molecule has 1 aromatic carbocycles. The van der Waals surface area contributed by atoms with E-state index in [1.807, 2.05) is 26.1 Å². The molecule has 5 heteroatoms. The summed E-state index contributed by atoms with van der Waals surface area (Å²) in [4.78, 5) is 0.388. The van der Waals surface area contributed by atoms with E-state index in [-0.39, 0.29) is 5.75 Å². The van der Waals surface area contributed by atoms with Crippen molar-refractivity contribution in [3.05, 3.63) is 42.1 Å². The number of allylic oxidation sites excluding steroid dienone is 1. The Kier molecular flexibility index (Phi) is 2.44. The number of benzene rings is 1. The van der Waals surface area contributed by atoms with Gasteiger partial charge in [-0.05, 0) is 18.6 Å². The Balaban J connectivity index is 2.43. The monoisotopic (exact) mass is 274 g/mol. The maximum absolute atomic E-state index is 12.4. The molecule has 0 atom stereocenters. The van der Waals surface area contributed by atoms with Gasteiger partial charge in [-0.2, -0.15) is 5.10 Å². The van der Waals surface area contributed by atoms with Crippen molar-refractivity contribution < 1.29 is 8.42 Å². The first-order valence-corrected chi connectivity index (χ1v) is 7.61. The highest BCUT2D eigenvalue weighted by molar-refractivity contribution is 7.90. The first kappa shape index (κ1) is 12.2. The minimum absolute atomic E-state index is 0.00458. The van der Waals surface area contributed by atoms with Crippen molar-refractivity contribution in [1.29, 1.82) is 0 Å². The highest BCUT2D eigenvalue weighted by Gasteiger charge is 2.32. The number of nitrogens with zero attached hydrogens (tertiary/aromatic N) is 2. The topological polar surface area (TPSA) is 52.0 Å². The molecule has 0 fully saturated rings. The minimum Gasteiger partial charge on any atom is -0.267 e. The van der Waals surface area contributed by atoms with Crippen LogP contribution in [-0.2, 0) is 22.6 Å². The van der Waals surface area contributed by atoms with Gasteiger partial charge in [-0.3, -0.25) is 4.68 Å². The van der Waals surface area contributed by atoms with E-state index in [9.17, 15) is 8.42 Å². The van der Waals surface area contributed by atoms with Crippen molar-refractivity contribution in [2.75, 3.05) is 0 Å². The van der Waals surface area contributed by atoms with E-state index in [1.165, 1.54) is 0 Å². The number of aryl methyl sites for hydroxylation is 1. The summed E-state index contributed by atoms with van der Waals surface area (Å²) in [5, 5.41) is 4.41. The van der Waals surface area contributed by atoms with Crippen LogP contribution in [0.25, 0.3) is 16.8 Å². The van der Waals surface area contributed by atoms with Crippen molar-refractivity contribution >= 4 is 15.4 Å². The highest BCUT2D eigenvalue weighted by Crippen LogP contribution is 2.40. The van der Waals surface area contributed by atoms with Crippen LogP contribution >= 0.6 is 0 Å². The smallest absolute Gasteiger partial charge is 0.183 e. The molecule has 0 saturated heterocycles. The van der Waals surface area contributed by atoms with Gasteiger partial charge in [-0.1, -0.05) is 24.8 Å². The summed E-state index contributed by atoms with van der Waals surface area (Å²) in [6.07, 6.45) is 0. The van der Waals surface area contributed by atoms with Crippen LogP contribution in [0.3, 0.4) is 0 Å². The predicted octanol–water partition coefficient (Wildman–Crippen LogP) is 2.41. The molecule has 1 aliphatic rings. The highest BCUT2D eigenvalue weighted by atomic mass is 32.2. The molecule has 0 radical (unpaired) electrons. The molecule has 98 valence electrons. The van der Waals surface area contributed by atoms with Gasteiger partial charge in [0, 0.05) is 18.2 Å². The van der Waals surface area contributed by atoms with E-state index >= 15 is 0 Å². The molecule has 0 aliphatic carbocycles. The van der Waals surface area contributed by atoms with Gasteiger partial charge in [-0.15, -0.1) is 0 Å². The Hall–Kier alpha value is -1.88. The fraction of sp³-hybridized carbons (Fsp3) is 0.214. The molecule has 2 heterocycles. The molecule has 0 spiro atoms. The van der Waals surface area contributed by atoms with Gasteiger partial charge in [0.15, 0.2) is 9.84 Å². The summed E-state index contributed by atoms with van der Waals surface area (Å²) in [6.45, 7) is 5.72. The molecule has 1 aliphatic heterocycles. The fourth-order valence-electron chi connectivity index (χ4n) is 2.59. The van der Waals surface area contributed by atoms with Crippen molar-refractivity contribution in [3.8, 4) is 11.3 Å². The third-order valence-corrected chi connectivity index (χ3v) is 5.06. The largest absolute Gasteiger partial charge is 0.267 e. The summed E-state index contributed by atoms with van der Waals surface area (Å²) in [5.74, 6) is -0.00458. The van der Waals surface area contributed by atoms with Crippen molar-refractivity contribution in [2.24, 2.45) is 7.05 Å². The number of sulfone groups is 1. The Morgan fingerprint density at radius 1 is 1.37 bits per heavy atom. The van der Waals surface area contributed by atoms with E-state index in [1.54, 1.807) is 16.8 Å². The van der Waals surface area contributed by atoms with Gasteiger partial charge in [-0.25, -0.2) is 8.42 Å². The lowest BCUT2D eigenvalue weighted by atomic mass is 10.0. The van der Waals surface area contributed by atoms with Gasteiger partial charge in [0.25, 0.3) is 0 Å². The number of hydrogen-bond donors (Lipinski definition) is 0. The maximum atomic E-state index is 12.4. The average Bonchev–Trinajstić information content (AvgIpc) is 2.66. The standard InChI is InChI=1S/C14H14N2O2S/c1-9(2)13-11-8-19(17,18)12-7-5-4-6-10(12)14(11)16(3)15-13/h4-7H,1,8H2,2-3H3. The molecule has 4 nitrogen and oxygen atoms in total. The van der Waals surface area contributed by atoms with Crippen LogP contribution < -0.4 is 0 Å². The zero-order chi connectivity index (χ0) is 13.8. The third-order valence-electron chi connectivity index (χ3n) is 3.36. The van der Waals surface area contributed by atoms with Crippen LogP contribution in [0.1, 0.15) is 18.2 Å². The summed E-state index contributed by atoms with van der Waals surface area (Å²) < 4.78 is 26.4. The quantitative estimate of drug-likeness (QED) is 0.802. The first-order valence-electron chi connectivity index (χ1n) is 5.96. The molecular weight excluding hydrogens is 260 g/mol. The molecule has 3 rings (SSSR count). The lowest BCUT2D eigenvalue weighted by molar-refractivity contribution is 0.594. The van der Waals surface area contributed by atoms with Crippen molar-refractivity contribution in [3.63, 3.8) is 0 Å². The molecule has 0 unspecified atom stereocenters. The number of aromatic nitrogens is 2. The lowest BCUT2D eigenvalue weighted by Gasteiger charge is -2.18. The van der Waals surface area contributed by atoms with E-state index in [4.69, 9.17) is 0 Å². The van der Waals surface area contributed by atoms with E-state index < -0.39 is 9.84 Å². The summed E-state index contributed by atoms with van der Waals surface area (Å²) in [5.41, 5.74) is 3.84. The minimum atomic E-state index is -3.29. The van der Waals surface area contributed by atoms with Crippen LogP contribution in [0.4, 0.5) is 0 Å². The van der Waals surface area contributed by atoms with Crippen LogP contribution in [0.5, 0.6) is 0 Å².